The third-order valence-electron chi connectivity index (χ3n) is 3.46. The molecule has 0 radical (unpaired) electrons. The minimum absolute atomic E-state index is 0.292. The Morgan fingerprint density at radius 1 is 1.36 bits per heavy atom. The first-order valence-corrected chi connectivity index (χ1v) is 9.16. The van der Waals surface area contributed by atoms with Gasteiger partial charge < -0.3 is 15.2 Å². The molecular weight excluding hydrogens is 318 g/mol. The van der Waals surface area contributed by atoms with Crippen LogP contribution in [0.2, 0.25) is 0 Å². The molecule has 0 bridgehead atoms. The number of anilines is 1. The van der Waals surface area contributed by atoms with Crippen molar-refractivity contribution in [1.29, 1.82) is 0 Å². The smallest absolute Gasteiger partial charge is 0.206 e. The van der Waals surface area contributed by atoms with Crippen molar-refractivity contribution in [3.05, 3.63) is 35.9 Å². The van der Waals surface area contributed by atoms with Crippen molar-refractivity contribution in [3.63, 3.8) is 0 Å². The Morgan fingerprint density at radius 3 is 3.00 bits per heavy atom. The van der Waals surface area contributed by atoms with Crippen LogP contribution < -0.4 is 5.32 Å². The molecular formula is C15H19N3O2S2. The van der Waals surface area contributed by atoms with Gasteiger partial charge in [-0.05, 0) is 18.4 Å². The van der Waals surface area contributed by atoms with Crippen molar-refractivity contribution in [1.82, 2.24) is 10.2 Å². The van der Waals surface area contributed by atoms with Crippen LogP contribution in [0.25, 0.3) is 0 Å². The summed E-state index contributed by atoms with van der Waals surface area (Å²) >= 11 is 3.04. The minimum atomic E-state index is -0.488. The number of aromatic nitrogens is 2. The Kier molecular flexibility index (Phi) is 5.66. The molecule has 2 aromatic rings. The lowest BCUT2D eigenvalue weighted by molar-refractivity contribution is 0.120. The van der Waals surface area contributed by atoms with Crippen LogP contribution >= 0.6 is 23.1 Å². The van der Waals surface area contributed by atoms with Gasteiger partial charge in [0.15, 0.2) is 4.34 Å². The first kappa shape index (κ1) is 15.7. The molecule has 1 aliphatic heterocycles. The summed E-state index contributed by atoms with van der Waals surface area (Å²) in [6.45, 7) is 1.65. The molecule has 1 fully saturated rings. The maximum absolute atomic E-state index is 10.1. The Morgan fingerprint density at radius 2 is 2.23 bits per heavy atom. The van der Waals surface area contributed by atoms with Crippen LogP contribution in [0.15, 0.2) is 34.7 Å². The van der Waals surface area contributed by atoms with E-state index < -0.39 is 6.10 Å². The molecule has 1 aromatic heterocycles. The number of aliphatic hydroxyl groups is 1. The van der Waals surface area contributed by atoms with Gasteiger partial charge in [-0.1, -0.05) is 53.4 Å². The van der Waals surface area contributed by atoms with Gasteiger partial charge in [0.2, 0.25) is 5.13 Å². The summed E-state index contributed by atoms with van der Waals surface area (Å²) in [5, 5.41) is 22.5. The van der Waals surface area contributed by atoms with Crippen LogP contribution in [0.4, 0.5) is 5.13 Å². The van der Waals surface area contributed by atoms with Crippen molar-refractivity contribution in [3.8, 4) is 0 Å². The molecule has 2 heterocycles. The van der Waals surface area contributed by atoms with E-state index in [1.165, 1.54) is 23.1 Å². The molecule has 118 valence electrons. The molecule has 1 saturated heterocycles. The highest BCUT2D eigenvalue weighted by Gasteiger charge is 2.16. The summed E-state index contributed by atoms with van der Waals surface area (Å²) in [5.41, 5.74) is 0.927. The zero-order valence-electron chi connectivity index (χ0n) is 12.1. The average Bonchev–Trinajstić information content (AvgIpc) is 3.23. The molecule has 0 saturated carbocycles. The number of nitrogens with one attached hydrogen (secondary N) is 1. The lowest BCUT2D eigenvalue weighted by Gasteiger charge is -2.09. The van der Waals surface area contributed by atoms with E-state index in [-0.39, 0.29) is 0 Å². The van der Waals surface area contributed by atoms with Crippen molar-refractivity contribution < 1.29 is 9.84 Å². The van der Waals surface area contributed by atoms with Gasteiger partial charge in [-0.25, -0.2) is 0 Å². The maximum atomic E-state index is 10.1. The third-order valence-corrected chi connectivity index (χ3v) is 5.55. The van der Waals surface area contributed by atoms with E-state index in [1.807, 2.05) is 30.3 Å². The summed E-state index contributed by atoms with van der Waals surface area (Å²) in [4.78, 5) is 0. The summed E-state index contributed by atoms with van der Waals surface area (Å²) in [5.74, 6) is 0.574. The molecule has 1 aliphatic rings. The van der Waals surface area contributed by atoms with Crippen molar-refractivity contribution in [2.45, 2.75) is 29.4 Å². The Labute approximate surface area is 138 Å². The van der Waals surface area contributed by atoms with Crippen LogP contribution in [0, 0.1) is 0 Å². The van der Waals surface area contributed by atoms with Gasteiger partial charge in [0, 0.05) is 18.9 Å². The molecule has 0 amide bonds. The first-order chi connectivity index (χ1) is 10.8. The van der Waals surface area contributed by atoms with E-state index >= 15 is 0 Å². The molecule has 2 atom stereocenters. The van der Waals surface area contributed by atoms with E-state index in [0.29, 0.717) is 11.9 Å². The second-order valence-electron chi connectivity index (χ2n) is 5.13. The molecule has 0 spiro atoms. The van der Waals surface area contributed by atoms with Crippen LogP contribution in [-0.4, -0.2) is 40.3 Å². The summed E-state index contributed by atoms with van der Waals surface area (Å²) in [7, 11) is 0. The van der Waals surface area contributed by atoms with Crippen LogP contribution in [0.5, 0.6) is 0 Å². The quantitative estimate of drug-likeness (QED) is 0.757. The molecule has 0 aliphatic carbocycles. The SMILES string of the molecule is O[C@@H](CSc1nnc(NC[C@@H]2CCCO2)s1)c1ccccc1. The predicted octanol–water partition coefficient (Wildman–Crippen LogP) is 2.95. The van der Waals surface area contributed by atoms with E-state index in [2.05, 4.69) is 15.5 Å². The average molecular weight is 337 g/mol. The monoisotopic (exact) mass is 337 g/mol. The van der Waals surface area contributed by atoms with E-state index in [4.69, 9.17) is 4.74 Å². The van der Waals surface area contributed by atoms with Gasteiger partial charge in [-0.2, -0.15) is 0 Å². The maximum Gasteiger partial charge on any atom is 0.206 e. The molecule has 1 aromatic carbocycles. The number of ether oxygens (including phenoxy) is 1. The fourth-order valence-electron chi connectivity index (χ4n) is 2.27. The van der Waals surface area contributed by atoms with Gasteiger partial charge in [0.1, 0.15) is 0 Å². The predicted molar refractivity (Wildman–Crippen MR) is 89.5 cm³/mol. The number of hydrogen-bond donors (Lipinski definition) is 2. The second kappa shape index (κ2) is 7.92. The number of thioether (sulfide) groups is 1. The molecule has 7 heteroatoms. The first-order valence-electron chi connectivity index (χ1n) is 7.36. The zero-order valence-corrected chi connectivity index (χ0v) is 13.8. The van der Waals surface area contributed by atoms with Crippen LogP contribution in [-0.2, 0) is 4.74 Å². The summed E-state index contributed by atoms with van der Waals surface area (Å²) < 4.78 is 6.43. The van der Waals surface area contributed by atoms with Gasteiger partial charge in [0.05, 0.1) is 12.2 Å². The molecule has 0 unspecified atom stereocenters. The Hall–Kier alpha value is -1.15. The largest absolute Gasteiger partial charge is 0.388 e. The van der Waals surface area contributed by atoms with Gasteiger partial charge in [-0.3, -0.25) is 0 Å². The number of rotatable bonds is 7. The summed E-state index contributed by atoms with van der Waals surface area (Å²) in [6.07, 6.45) is 2.05. The highest BCUT2D eigenvalue weighted by atomic mass is 32.2. The number of benzene rings is 1. The van der Waals surface area contributed by atoms with Gasteiger partial charge in [0.25, 0.3) is 0 Å². The molecule has 5 nitrogen and oxygen atoms in total. The molecule has 2 N–H and O–H groups in total. The fourth-order valence-corrected chi connectivity index (χ4v) is 4.02. The lowest BCUT2D eigenvalue weighted by atomic mass is 10.1. The highest BCUT2D eigenvalue weighted by molar-refractivity contribution is 8.01. The van der Waals surface area contributed by atoms with Crippen molar-refractivity contribution in [2.24, 2.45) is 0 Å². The molecule has 3 rings (SSSR count). The van der Waals surface area contributed by atoms with Gasteiger partial charge >= 0.3 is 0 Å². The number of hydrogen-bond acceptors (Lipinski definition) is 7. The normalized spacial score (nSPS) is 19.2. The van der Waals surface area contributed by atoms with E-state index in [0.717, 1.165) is 41.0 Å². The fraction of sp³-hybridized carbons (Fsp3) is 0.467. The van der Waals surface area contributed by atoms with Crippen LogP contribution in [0.1, 0.15) is 24.5 Å². The van der Waals surface area contributed by atoms with Gasteiger partial charge in [-0.15, -0.1) is 10.2 Å². The third kappa shape index (κ3) is 4.42. The number of nitrogens with zero attached hydrogens (tertiary/aromatic N) is 2. The highest BCUT2D eigenvalue weighted by Crippen LogP contribution is 2.29. The molecule has 22 heavy (non-hydrogen) atoms. The lowest BCUT2D eigenvalue weighted by Crippen LogP contribution is -2.18. The van der Waals surface area contributed by atoms with E-state index in [1.54, 1.807) is 0 Å². The van der Waals surface area contributed by atoms with Crippen molar-refractivity contribution in [2.75, 3.05) is 24.2 Å². The zero-order chi connectivity index (χ0) is 15.2. The second-order valence-corrected chi connectivity index (χ2v) is 7.37. The number of aliphatic hydroxyl groups excluding tert-OH is 1. The standard InChI is InChI=1S/C15H19N3O2S2/c19-13(11-5-2-1-3-6-11)10-21-15-18-17-14(22-15)16-9-12-7-4-8-20-12/h1-3,5-6,12-13,19H,4,7-10H2,(H,16,17)/t12-,13-/m0/s1. The minimum Gasteiger partial charge on any atom is -0.388 e. The van der Waals surface area contributed by atoms with Crippen LogP contribution in [0.3, 0.4) is 0 Å². The van der Waals surface area contributed by atoms with Crippen molar-refractivity contribution >= 4 is 28.2 Å². The summed E-state index contributed by atoms with van der Waals surface area (Å²) in [6, 6.07) is 9.67. The Balaban J connectivity index is 1.45. The van der Waals surface area contributed by atoms with E-state index in [9.17, 15) is 5.11 Å². The Bertz CT molecular complexity index is 573. The topological polar surface area (TPSA) is 67.3 Å².